The summed E-state index contributed by atoms with van der Waals surface area (Å²) < 4.78 is 0. The normalized spacial score (nSPS) is 11.3. The van der Waals surface area contributed by atoms with Gasteiger partial charge in [-0.1, -0.05) is 11.6 Å². The molecule has 0 saturated heterocycles. The Morgan fingerprint density at radius 3 is 2.53 bits per heavy atom. The van der Waals surface area contributed by atoms with Crippen LogP contribution < -0.4 is 5.32 Å². The Bertz CT molecular complexity index is 373. The first-order valence-electron chi connectivity index (χ1n) is 5.24. The van der Waals surface area contributed by atoms with Gasteiger partial charge in [0.2, 0.25) is 5.91 Å². The molecule has 0 aromatic heterocycles. The number of amides is 1. The molecule has 0 radical (unpaired) electrons. The molecule has 0 unspecified atom stereocenters. The van der Waals surface area contributed by atoms with Crippen molar-refractivity contribution in [3.05, 3.63) is 29.3 Å². The van der Waals surface area contributed by atoms with Crippen LogP contribution in [0.5, 0.6) is 0 Å². The summed E-state index contributed by atoms with van der Waals surface area (Å²) in [4.78, 5) is 12.5. The van der Waals surface area contributed by atoms with Gasteiger partial charge in [-0.05, 0) is 38.1 Å². The van der Waals surface area contributed by atoms with Crippen LogP contribution in [0.2, 0.25) is 5.02 Å². The first kappa shape index (κ1) is 14.4. The van der Waals surface area contributed by atoms with Crippen LogP contribution in [0, 0.1) is 0 Å². The van der Waals surface area contributed by atoms with E-state index < -0.39 is 5.60 Å². The van der Waals surface area contributed by atoms with Gasteiger partial charge < -0.3 is 10.4 Å². The summed E-state index contributed by atoms with van der Waals surface area (Å²) in [5, 5.41) is 12.8. The van der Waals surface area contributed by atoms with E-state index in [-0.39, 0.29) is 12.5 Å². The van der Waals surface area contributed by atoms with E-state index in [2.05, 4.69) is 5.32 Å². The van der Waals surface area contributed by atoms with Crippen molar-refractivity contribution in [1.82, 2.24) is 5.32 Å². The van der Waals surface area contributed by atoms with Crippen molar-refractivity contribution < 1.29 is 9.90 Å². The maximum absolute atomic E-state index is 11.5. The standard InChI is InChI=1S/C12H16ClNO2S/c1-12(2,16)8-14-11(15)7-17-10-5-3-9(13)4-6-10/h3-6,16H,7-8H2,1-2H3,(H,14,15). The number of nitrogens with one attached hydrogen (secondary N) is 1. The SMILES string of the molecule is CC(C)(O)CNC(=O)CSc1ccc(Cl)cc1. The van der Waals surface area contributed by atoms with Gasteiger partial charge in [-0.15, -0.1) is 11.8 Å². The van der Waals surface area contributed by atoms with Crippen molar-refractivity contribution in [1.29, 1.82) is 0 Å². The largest absolute Gasteiger partial charge is 0.389 e. The first-order valence-corrected chi connectivity index (χ1v) is 6.61. The Morgan fingerprint density at radius 1 is 1.41 bits per heavy atom. The van der Waals surface area contributed by atoms with E-state index in [1.807, 2.05) is 12.1 Å². The molecule has 1 rings (SSSR count). The molecule has 94 valence electrons. The number of thioether (sulfide) groups is 1. The lowest BCUT2D eigenvalue weighted by atomic mass is 10.1. The lowest BCUT2D eigenvalue weighted by Gasteiger charge is -2.17. The number of halogens is 1. The maximum atomic E-state index is 11.5. The summed E-state index contributed by atoms with van der Waals surface area (Å²) in [6.45, 7) is 3.56. The van der Waals surface area contributed by atoms with Crippen molar-refractivity contribution in [2.75, 3.05) is 12.3 Å². The monoisotopic (exact) mass is 273 g/mol. The highest BCUT2D eigenvalue weighted by Crippen LogP contribution is 2.19. The average Bonchev–Trinajstić information content (AvgIpc) is 2.25. The molecule has 0 fully saturated rings. The van der Waals surface area contributed by atoms with Crippen LogP contribution >= 0.6 is 23.4 Å². The van der Waals surface area contributed by atoms with E-state index in [0.29, 0.717) is 10.8 Å². The van der Waals surface area contributed by atoms with Crippen LogP contribution in [0.15, 0.2) is 29.2 Å². The number of benzene rings is 1. The zero-order valence-electron chi connectivity index (χ0n) is 9.87. The Kier molecular flexibility index (Phi) is 5.31. The van der Waals surface area contributed by atoms with Gasteiger partial charge in [-0.3, -0.25) is 4.79 Å². The summed E-state index contributed by atoms with van der Waals surface area (Å²) in [6.07, 6.45) is 0. The van der Waals surface area contributed by atoms with Gasteiger partial charge >= 0.3 is 0 Å². The fourth-order valence-corrected chi connectivity index (χ4v) is 1.90. The number of hydrogen-bond donors (Lipinski definition) is 2. The van der Waals surface area contributed by atoms with Crippen LogP contribution in [-0.2, 0) is 4.79 Å². The molecule has 2 N–H and O–H groups in total. The highest BCUT2D eigenvalue weighted by atomic mass is 35.5. The second-order valence-electron chi connectivity index (χ2n) is 4.33. The van der Waals surface area contributed by atoms with Crippen LogP contribution in [0.3, 0.4) is 0 Å². The number of aliphatic hydroxyl groups is 1. The number of hydrogen-bond acceptors (Lipinski definition) is 3. The fraction of sp³-hybridized carbons (Fsp3) is 0.417. The molecule has 0 atom stereocenters. The average molecular weight is 274 g/mol. The predicted octanol–water partition coefficient (Wildman–Crippen LogP) is 2.32. The molecule has 5 heteroatoms. The molecule has 3 nitrogen and oxygen atoms in total. The molecule has 0 aliphatic rings. The molecular formula is C12H16ClNO2S. The lowest BCUT2D eigenvalue weighted by molar-refractivity contribution is -0.119. The molecular weight excluding hydrogens is 258 g/mol. The molecule has 1 amide bonds. The van der Waals surface area contributed by atoms with Gasteiger partial charge in [0.05, 0.1) is 11.4 Å². The van der Waals surface area contributed by atoms with E-state index in [9.17, 15) is 9.90 Å². The van der Waals surface area contributed by atoms with E-state index in [1.165, 1.54) is 11.8 Å². The highest BCUT2D eigenvalue weighted by molar-refractivity contribution is 8.00. The van der Waals surface area contributed by atoms with Crippen LogP contribution in [-0.4, -0.2) is 28.9 Å². The van der Waals surface area contributed by atoms with Crippen LogP contribution in [0.4, 0.5) is 0 Å². The minimum atomic E-state index is -0.874. The van der Waals surface area contributed by atoms with Gasteiger partial charge in [-0.25, -0.2) is 0 Å². The molecule has 0 saturated carbocycles. The smallest absolute Gasteiger partial charge is 0.230 e. The third kappa shape index (κ3) is 6.56. The van der Waals surface area contributed by atoms with Crippen molar-refractivity contribution >= 4 is 29.3 Å². The molecule has 0 aliphatic carbocycles. The predicted molar refractivity (Wildman–Crippen MR) is 71.5 cm³/mol. The molecule has 1 aromatic rings. The minimum Gasteiger partial charge on any atom is -0.389 e. The Balaban J connectivity index is 2.31. The molecule has 0 heterocycles. The fourth-order valence-electron chi connectivity index (χ4n) is 1.05. The lowest BCUT2D eigenvalue weighted by Crippen LogP contribution is -2.38. The minimum absolute atomic E-state index is 0.0907. The zero-order chi connectivity index (χ0) is 12.9. The summed E-state index contributed by atoms with van der Waals surface area (Å²) >= 11 is 7.19. The van der Waals surface area contributed by atoms with Crippen molar-refractivity contribution in [3.8, 4) is 0 Å². The van der Waals surface area contributed by atoms with E-state index in [1.54, 1.807) is 26.0 Å². The van der Waals surface area contributed by atoms with E-state index in [4.69, 9.17) is 11.6 Å². The second-order valence-corrected chi connectivity index (χ2v) is 5.82. The molecule has 1 aromatic carbocycles. The summed E-state index contributed by atoms with van der Waals surface area (Å²) in [6, 6.07) is 7.32. The Morgan fingerprint density at radius 2 is 2.00 bits per heavy atom. The Hall–Kier alpha value is -0.710. The van der Waals surface area contributed by atoms with Gasteiger partial charge in [0.15, 0.2) is 0 Å². The summed E-state index contributed by atoms with van der Waals surface area (Å²) in [5.41, 5.74) is -0.874. The third-order valence-corrected chi connectivity index (χ3v) is 3.17. The van der Waals surface area contributed by atoms with E-state index >= 15 is 0 Å². The number of carbonyl (C=O) groups is 1. The van der Waals surface area contributed by atoms with Crippen molar-refractivity contribution in [2.24, 2.45) is 0 Å². The molecule has 0 bridgehead atoms. The molecule has 0 aliphatic heterocycles. The zero-order valence-corrected chi connectivity index (χ0v) is 11.4. The number of rotatable bonds is 5. The summed E-state index contributed by atoms with van der Waals surface area (Å²) in [7, 11) is 0. The number of carbonyl (C=O) groups excluding carboxylic acids is 1. The van der Waals surface area contributed by atoms with Crippen LogP contribution in [0.1, 0.15) is 13.8 Å². The maximum Gasteiger partial charge on any atom is 0.230 e. The van der Waals surface area contributed by atoms with Gasteiger partial charge in [0.25, 0.3) is 0 Å². The van der Waals surface area contributed by atoms with E-state index in [0.717, 1.165) is 4.90 Å². The Labute approximate surface area is 111 Å². The van der Waals surface area contributed by atoms with Gasteiger partial charge in [0.1, 0.15) is 0 Å². The summed E-state index contributed by atoms with van der Waals surface area (Å²) in [5.74, 6) is 0.240. The second kappa shape index (κ2) is 6.28. The van der Waals surface area contributed by atoms with Crippen LogP contribution in [0.25, 0.3) is 0 Å². The first-order chi connectivity index (χ1) is 7.87. The third-order valence-electron chi connectivity index (χ3n) is 1.90. The molecule has 0 spiro atoms. The molecule has 17 heavy (non-hydrogen) atoms. The highest BCUT2D eigenvalue weighted by Gasteiger charge is 2.13. The van der Waals surface area contributed by atoms with Crippen molar-refractivity contribution in [3.63, 3.8) is 0 Å². The van der Waals surface area contributed by atoms with Gasteiger partial charge in [-0.2, -0.15) is 0 Å². The quantitative estimate of drug-likeness (QED) is 0.810. The topological polar surface area (TPSA) is 49.3 Å². The van der Waals surface area contributed by atoms with Crippen molar-refractivity contribution in [2.45, 2.75) is 24.3 Å². The van der Waals surface area contributed by atoms with Gasteiger partial charge in [0, 0.05) is 16.5 Å².